The van der Waals surface area contributed by atoms with E-state index in [1.54, 1.807) is 18.6 Å². The first kappa shape index (κ1) is 10.6. The summed E-state index contributed by atoms with van der Waals surface area (Å²) in [4.78, 5) is 18.6. The lowest BCUT2D eigenvalue weighted by molar-refractivity contribution is -0.137. The molecule has 0 aromatic rings. The molecule has 3 N–H and O–H groups in total. The highest BCUT2D eigenvalue weighted by Crippen LogP contribution is 2.16. The molecule has 5 nitrogen and oxygen atoms in total. The fourth-order valence-electron chi connectivity index (χ4n) is 1.16. The first-order valence-electron chi connectivity index (χ1n) is 4.40. The van der Waals surface area contributed by atoms with E-state index in [1.165, 1.54) is 0 Å². The maximum Gasteiger partial charge on any atom is 0.304 e. The number of rotatable bonds is 4. The summed E-state index contributed by atoms with van der Waals surface area (Å²) >= 11 is 0. The van der Waals surface area contributed by atoms with Crippen LogP contribution < -0.4 is 5.73 Å². The van der Waals surface area contributed by atoms with Gasteiger partial charge in [0, 0.05) is 37.5 Å². The molecule has 0 aromatic carbocycles. The van der Waals surface area contributed by atoms with Crippen molar-refractivity contribution in [1.29, 1.82) is 0 Å². The predicted molar refractivity (Wildman–Crippen MR) is 54.5 cm³/mol. The van der Waals surface area contributed by atoms with Crippen LogP contribution in [0, 0.1) is 5.92 Å². The van der Waals surface area contributed by atoms with Gasteiger partial charge in [0.05, 0.1) is 12.1 Å². The van der Waals surface area contributed by atoms with Crippen molar-refractivity contribution in [2.24, 2.45) is 21.6 Å². The third-order valence-electron chi connectivity index (χ3n) is 1.89. The van der Waals surface area contributed by atoms with E-state index in [-0.39, 0.29) is 18.9 Å². The van der Waals surface area contributed by atoms with E-state index in [0.717, 1.165) is 0 Å². The van der Waals surface area contributed by atoms with Crippen LogP contribution in [0.15, 0.2) is 21.9 Å². The Kier molecular flexibility index (Phi) is 4.00. The molecule has 5 heteroatoms. The molecular formula is C9H13N3O2. The van der Waals surface area contributed by atoms with E-state index in [2.05, 4.69) is 9.98 Å². The summed E-state index contributed by atoms with van der Waals surface area (Å²) in [7, 11) is 0. The summed E-state index contributed by atoms with van der Waals surface area (Å²) in [6, 6.07) is 0. The Morgan fingerprint density at radius 2 is 2.43 bits per heavy atom. The smallest absolute Gasteiger partial charge is 0.304 e. The van der Waals surface area contributed by atoms with Crippen molar-refractivity contribution in [1.82, 2.24) is 0 Å². The Balaban J connectivity index is 2.72. The topological polar surface area (TPSA) is 88.0 Å². The molecule has 14 heavy (non-hydrogen) atoms. The highest BCUT2D eigenvalue weighted by Gasteiger charge is 2.16. The number of nitrogens with two attached hydrogens (primary N) is 1. The number of hydrogen-bond donors (Lipinski definition) is 2. The average Bonchev–Trinajstić information content (AvgIpc) is 2.41. The van der Waals surface area contributed by atoms with Crippen molar-refractivity contribution >= 4 is 18.4 Å². The molecule has 0 fully saturated rings. The minimum absolute atomic E-state index is 0.00477. The number of aliphatic carboxylic acids is 1. The van der Waals surface area contributed by atoms with Gasteiger partial charge in [0.25, 0.3) is 0 Å². The maximum absolute atomic E-state index is 10.5. The molecule has 0 spiro atoms. The maximum atomic E-state index is 10.5. The van der Waals surface area contributed by atoms with Crippen molar-refractivity contribution in [3.05, 3.63) is 11.9 Å². The number of hydrogen-bond acceptors (Lipinski definition) is 4. The molecule has 0 aromatic heterocycles. The van der Waals surface area contributed by atoms with Crippen LogP contribution in [0.3, 0.4) is 0 Å². The quantitative estimate of drug-likeness (QED) is 0.681. The predicted octanol–water partition coefficient (Wildman–Crippen LogP) is 0.423. The van der Waals surface area contributed by atoms with Crippen molar-refractivity contribution in [2.45, 2.75) is 12.8 Å². The number of carboxylic acid groups (broad SMARTS) is 1. The summed E-state index contributed by atoms with van der Waals surface area (Å²) in [6.45, 7) is 0.269. The first-order chi connectivity index (χ1) is 6.74. The minimum atomic E-state index is -0.871. The summed E-state index contributed by atoms with van der Waals surface area (Å²) in [5.74, 6) is -1.12. The highest BCUT2D eigenvalue weighted by molar-refractivity contribution is 5.81. The van der Waals surface area contributed by atoms with E-state index in [0.29, 0.717) is 12.1 Å². The fourth-order valence-corrected chi connectivity index (χ4v) is 1.16. The normalized spacial score (nSPS) is 17.4. The molecule has 1 rings (SSSR count). The van der Waals surface area contributed by atoms with E-state index in [1.807, 2.05) is 0 Å². The molecule has 1 aliphatic rings. The Morgan fingerprint density at radius 3 is 3.07 bits per heavy atom. The van der Waals surface area contributed by atoms with Crippen molar-refractivity contribution in [3.63, 3.8) is 0 Å². The molecular weight excluding hydrogens is 182 g/mol. The Labute approximate surface area is 82.0 Å². The molecule has 1 aliphatic heterocycles. The largest absolute Gasteiger partial charge is 0.481 e. The number of carbonyl (C=O) groups is 1. The molecule has 0 bridgehead atoms. The van der Waals surface area contributed by atoms with Gasteiger partial charge in [0.1, 0.15) is 0 Å². The molecule has 0 saturated heterocycles. The summed E-state index contributed by atoms with van der Waals surface area (Å²) in [5, 5.41) is 8.64. The van der Waals surface area contributed by atoms with Crippen LogP contribution in [0.4, 0.5) is 0 Å². The lowest BCUT2D eigenvalue weighted by Crippen LogP contribution is -2.19. The lowest BCUT2D eigenvalue weighted by atomic mass is 10.0. The first-order valence-corrected chi connectivity index (χ1v) is 4.40. The van der Waals surface area contributed by atoms with Crippen LogP contribution in [-0.2, 0) is 4.79 Å². The fraction of sp³-hybridized carbons (Fsp3) is 0.444. The van der Waals surface area contributed by atoms with Gasteiger partial charge in [-0.15, -0.1) is 0 Å². The molecule has 76 valence electrons. The van der Waals surface area contributed by atoms with E-state index < -0.39 is 5.97 Å². The number of carboxylic acids is 1. The Morgan fingerprint density at radius 1 is 1.64 bits per heavy atom. The van der Waals surface area contributed by atoms with Crippen LogP contribution in [0.1, 0.15) is 12.8 Å². The minimum Gasteiger partial charge on any atom is -0.481 e. The molecule has 0 radical (unpaired) electrons. The van der Waals surface area contributed by atoms with Crippen LogP contribution in [0.2, 0.25) is 0 Å². The van der Waals surface area contributed by atoms with Gasteiger partial charge >= 0.3 is 5.97 Å². The van der Waals surface area contributed by atoms with Crippen molar-refractivity contribution in [3.8, 4) is 0 Å². The van der Waals surface area contributed by atoms with Crippen LogP contribution in [0.5, 0.6) is 0 Å². The van der Waals surface area contributed by atoms with E-state index in [9.17, 15) is 4.79 Å². The molecule has 1 heterocycles. The standard InChI is InChI=1S/C9H13N3O2/c10-5-7(4-9(13)14)8-6-11-2-1-3-12-8/h2-3,6-7H,1,4-5,10H2,(H,13,14). The monoisotopic (exact) mass is 195 g/mol. The van der Waals surface area contributed by atoms with Crippen LogP contribution in [-0.4, -0.2) is 30.0 Å². The van der Waals surface area contributed by atoms with Gasteiger partial charge in [0.15, 0.2) is 0 Å². The SMILES string of the molecule is NCC(CC(=O)O)C1=CN=CCC=N1. The van der Waals surface area contributed by atoms with E-state index in [4.69, 9.17) is 10.8 Å². The number of nitrogens with zero attached hydrogens (tertiary/aromatic N) is 2. The number of aliphatic imine (C=N–C) groups is 2. The Hall–Kier alpha value is -1.49. The van der Waals surface area contributed by atoms with Gasteiger partial charge in [-0.3, -0.25) is 14.8 Å². The van der Waals surface area contributed by atoms with Crippen LogP contribution in [0.25, 0.3) is 0 Å². The van der Waals surface area contributed by atoms with Gasteiger partial charge in [-0.1, -0.05) is 0 Å². The molecule has 1 atom stereocenters. The van der Waals surface area contributed by atoms with Gasteiger partial charge in [-0.2, -0.15) is 0 Å². The lowest BCUT2D eigenvalue weighted by Gasteiger charge is -2.11. The van der Waals surface area contributed by atoms with E-state index >= 15 is 0 Å². The van der Waals surface area contributed by atoms with Gasteiger partial charge < -0.3 is 10.8 Å². The third-order valence-corrected chi connectivity index (χ3v) is 1.89. The third kappa shape index (κ3) is 3.10. The zero-order chi connectivity index (χ0) is 10.4. The second kappa shape index (κ2) is 5.29. The second-order valence-corrected chi connectivity index (χ2v) is 2.96. The molecule has 0 saturated carbocycles. The summed E-state index contributed by atoms with van der Waals surface area (Å²) in [5.41, 5.74) is 6.12. The van der Waals surface area contributed by atoms with Gasteiger partial charge in [-0.05, 0) is 0 Å². The average molecular weight is 195 g/mol. The van der Waals surface area contributed by atoms with Gasteiger partial charge in [-0.25, -0.2) is 0 Å². The molecule has 0 aliphatic carbocycles. The summed E-state index contributed by atoms with van der Waals surface area (Å²) in [6.07, 6.45) is 5.65. The second-order valence-electron chi connectivity index (χ2n) is 2.96. The van der Waals surface area contributed by atoms with Crippen molar-refractivity contribution in [2.75, 3.05) is 6.54 Å². The zero-order valence-corrected chi connectivity index (χ0v) is 7.76. The highest BCUT2D eigenvalue weighted by atomic mass is 16.4. The van der Waals surface area contributed by atoms with Gasteiger partial charge in [0.2, 0.25) is 0 Å². The molecule has 0 amide bonds. The Bertz CT molecular complexity index is 294. The summed E-state index contributed by atoms with van der Waals surface area (Å²) < 4.78 is 0. The van der Waals surface area contributed by atoms with Crippen molar-refractivity contribution < 1.29 is 9.90 Å². The van der Waals surface area contributed by atoms with Crippen LogP contribution >= 0.6 is 0 Å². The molecule has 1 unspecified atom stereocenters. The zero-order valence-electron chi connectivity index (χ0n) is 7.76.